The smallest absolute Gasteiger partial charge is 0.167 e. The zero-order valence-electron chi connectivity index (χ0n) is 16.4. The van der Waals surface area contributed by atoms with Crippen LogP contribution >= 0.6 is 0 Å². The van der Waals surface area contributed by atoms with Gasteiger partial charge in [-0.3, -0.25) is 4.79 Å². The maximum atomic E-state index is 12.2. The molecule has 0 aliphatic carbocycles. The molecule has 0 bridgehead atoms. The Hall–Kier alpha value is -2.39. The fourth-order valence-electron chi connectivity index (χ4n) is 2.95. The van der Waals surface area contributed by atoms with Crippen LogP contribution in [0.25, 0.3) is 0 Å². The van der Waals surface area contributed by atoms with E-state index in [0.29, 0.717) is 6.42 Å². The van der Waals surface area contributed by atoms with E-state index in [2.05, 4.69) is 18.5 Å². The van der Waals surface area contributed by atoms with E-state index in [1.54, 1.807) is 0 Å². The molecular formula is C24H31NO2. The first-order valence-corrected chi connectivity index (χ1v) is 9.78. The number of Topliss-reactive ketones (excluding diaryl/α,β-unsaturated/α-hetero) is 1. The first-order chi connectivity index (χ1) is 13.2. The minimum atomic E-state index is 0.142. The normalized spacial score (nSPS) is 10.7. The third kappa shape index (κ3) is 8.23. The predicted octanol–water partition coefficient (Wildman–Crippen LogP) is 5.17. The molecule has 0 radical (unpaired) electrons. The molecule has 3 nitrogen and oxygen atoms in total. The average molecular weight is 366 g/mol. The topological polar surface area (TPSA) is 29.5 Å². The summed E-state index contributed by atoms with van der Waals surface area (Å²) in [6.07, 6.45) is 7.06. The minimum absolute atomic E-state index is 0.142. The Morgan fingerprint density at radius 2 is 1.70 bits per heavy atom. The Balaban J connectivity index is 1.61. The summed E-state index contributed by atoms with van der Waals surface area (Å²) in [5.41, 5.74) is 1.77. The van der Waals surface area contributed by atoms with Crippen LogP contribution in [0, 0.1) is 0 Å². The first-order valence-electron chi connectivity index (χ1n) is 9.78. The molecule has 0 saturated heterocycles. The number of carbonyl (C=O) groups excluding carboxylic acids is 1. The maximum Gasteiger partial charge on any atom is 0.167 e. The molecule has 0 heterocycles. The average Bonchev–Trinajstić information content (AvgIpc) is 2.69. The molecule has 0 aliphatic rings. The number of carbonyl (C=O) groups is 1. The van der Waals surface area contributed by atoms with Gasteiger partial charge in [0, 0.05) is 18.5 Å². The summed E-state index contributed by atoms with van der Waals surface area (Å²) in [4.78, 5) is 14.5. The second-order valence-electron chi connectivity index (χ2n) is 6.92. The lowest BCUT2D eigenvalue weighted by atomic mass is 10.0. The lowest BCUT2D eigenvalue weighted by Crippen LogP contribution is -2.19. The van der Waals surface area contributed by atoms with Crippen LogP contribution in [0.1, 0.15) is 41.6 Å². The van der Waals surface area contributed by atoms with Gasteiger partial charge in [-0.05, 0) is 44.1 Å². The quantitative estimate of drug-likeness (QED) is 0.279. The summed E-state index contributed by atoms with van der Waals surface area (Å²) in [7, 11) is 2.13. The largest absolute Gasteiger partial charge is 0.494 e. The molecule has 2 aromatic rings. The highest BCUT2D eigenvalue weighted by Gasteiger charge is 2.06. The standard InChI is InChI=1S/C24H31NO2/c1-3-17-25(2)18-9-4-5-10-19-27-23-15-13-21(14-16-23)20-24(26)22-11-7-6-8-12-22/h3,6-8,11-16H,1,4-5,9-10,17-20H2,2H3. The number of hydrogen-bond acceptors (Lipinski definition) is 3. The van der Waals surface area contributed by atoms with Crippen LogP contribution in [0.15, 0.2) is 67.3 Å². The molecule has 2 aromatic carbocycles. The van der Waals surface area contributed by atoms with Gasteiger partial charge in [-0.15, -0.1) is 6.58 Å². The van der Waals surface area contributed by atoms with Gasteiger partial charge >= 0.3 is 0 Å². The Bertz CT molecular complexity index is 679. The lowest BCUT2D eigenvalue weighted by molar-refractivity contribution is 0.0993. The Morgan fingerprint density at radius 3 is 2.41 bits per heavy atom. The van der Waals surface area contributed by atoms with Gasteiger partial charge in [-0.1, -0.05) is 61.4 Å². The number of likely N-dealkylation sites (N-methyl/N-ethyl adjacent to an activating group) is 1. The van der Waals surface area contributed by atoms with E-state index in [-0.39, 0.29) is 5.78 Å². The molecule has 27 heavy (non-hydrogen) atoms. The van der Waals surface area contributed by atoms with Gasteiger partial charge in [0.05, 0.1) is 6.61 Å². The summed E-state index contributed by atoms with van der Waals surface area (Å²) < 4.78 is 5.81. The Labute approximate surface area is 163 Å². The zero-order valence-corrected chi connectivity index (χ0v) is 16.4. The Kier molecular flexibility index (Phi) is 9.36. The lowest BCUT2D eigenvalue weighted by Gasteiger charge is -2.13. The Morgan fingerprint density at radius 1 is 1.00 bits per heavy atom. The van der Waals surface area contributed by atoms with Crippen molar-refractivity contribution in [2.24, 2.45) is 0 Å². The molecule has 0 amide bonds. The summed E-state index contributed by atoms with van der Waals surface area (Å²) in [6.45, 7) is 6.57. The van der Waals surface area contributed by atoms with Gasteiger partial charge in [-0.25, -0.2) is 0 Å². The van der Waals surface area contributed by atoms with Crippen molar-refractivity contribution >= 4 is 5.78 Å². The molecule has 0 fully saturated rings. The molecule has 0 saturated carbocycles. The van der Waals surface area contributed by atoms with E-state index in [4.69, 9.17) is 4.74 Å². The molecule has 0 unspecified atom stereocenters. The van der Waals surface area contributed by atoms with Gasteiger partial charge in [0.25, 0.3) is 0 Å². The van der Waals surface area contributed by atoms with Crippen LogP contribution < -0.4 is 4.74 Å². The van der Waals surface area contributed by atoms with E-state index >= 15 is 0 Å². The molecule has 2 rings (SSSR count). The number of benzene rings is 2. The number of hydrogen-bond donors (Lipinski definition) is 0. The highest BCUT2D eigenvalue weighted by Crippen LogP contribution is 2.15. The summed E-state index contributed by atoms with van der Waals surface area (Å²) in [5, 5.41) is 0. The van der Waals surface area contributed by atoms with Crippen molar-refractivity contribution < 1.29 is 9.53 Å². The maximum absolute atomic E-state index is 12.2. The summed E-state index contributed by atoms with van der Waals surface area (Å²) >= 11 is 0. The molecule has 0 aliphatic heterocycles. The van der Waals surface area contributed by atoms with Gasteiger partial charge in [0.1, 0.15) is 5.75 Å². The zero-order chi connectivity index (χ0) is 19.3. The first kappa shape index (κ1) is 20.9. The van der Waals surface area contributed by atoms with E-state index in [1.807, 2.05) is 60.7 Å². The second kappa shape index (κ2) is 12.1. The van der Waals surface area contributed by atoms with Crippen LogP contribution in [0.2, 0.25) is 0 Å². The van der Waals surface area contributed by atoms with Crippen molar-refractivity contribution in [3.63, 3.8) is 0 Å². The van der Waals surface area contributed by atoms with E-state index < -0.39 is 0 Å². The van der Waals surface area contributed by atoms with Crippen molar-refractivity contribution in [1.82, 2.24) is 4.90 Å². The van der Waals surface area contributed by atoms with Crippen molar-refractivity contribution in [2.45, 2.75) is 32.1 Å². The molecule has 0 spiro atoms. The summed E-state index contributed by atoms with van der Waals surface area (Å²) in [6, 6.07) is 17.3. The van der Waals surface area contributed by atoms with E-state index in [9.17, 15) is 4.79 Å². The molecule has 144 valence electrons. The van der Waals surface area contributed by atoms with E-state index in [0.717, 1.165) is 43.0 Å². The third-order valence-electron chi connectivity index (χ3n) is 4.53. The molecule has 0 aromatic heterocycles. The van der Waals surface area contributed by atoms with Crippen LogP contribution in [0.5, 0.6) is 5.75 Å². The number of unbranched alkanes of at least 4 members (excludes halogenated alkanes) is 3. The van der Waals surface area contributed by atoms with Crippen LogP contribution in [-0.4, -0.2) is 37.4 Å². The summed E-state index contributed by atoms with van der Waals surface area (Å²) in [5.74, 6) is 1.01. The molecule has 3 heteroatoms. The highest BCUT2D eigenvalue weighted by atomic mass is 16.5. The van der Waals surface area contributed by atoms with Gasteiger partial charge < -0.3 is 9.64 Å². The van der Waals surface area contributed by atoms with Crippen molar-refractivity contribution in [3.8, 4) is 5.75 Å². The van der Waals surface area contributed by atoms with Crippen molar-refractivity contribution in [1.29, 1.82) is 0 Å². The SMILES string of the molecule is C=CCN(C)CCCCCCOc1ccc(CC(=O)c2ccccc2)cc1. The number of rotatable bonds is 13. The van der Waals surface area contributed by atoms with E-state index in [1.165, 1.54) is 19.3 Å². The van der Waals surface area contributed by atoms with Crippen molar-refractivity contribution in [3.05, 3.63) is 78.4 Å². The van der Waals surface area contributed by atoms with Crippen molar-refractivity contribution in [2.75, 3.05) is 26.7 Å². The number of nitrogens with zero attached hydrogens (tertiary/aromatic N) is 1. The monoisotopic (exact) mass is 365 g/mol. The van der Waals surface area contributed by atoms with Gasteiger partial charge in [-0.2, -0.15) is 0 Å². The fourth-order valence-corrected chi connectivity index (χ4v) is 2.95. The third-order valence-corrected chi connectivity index (χ3v) is 4.53. The second-order valence-corrected chi connectivity index (χ2v) is 6.92. The van der Waals surface area contributed by atoms with Gasteiger partial charge in [0.2, 0.25) is 0 Å². The number of ketones is 1. The van der Waals surface area contributed by atoms with Crippen LogP contribution in [-0.2, 0) is 6.42 Å². The van der Waals surface area contributed by atoms with Gasteiger partial charge in [0.15, 0.2) is 5.78 Å². The molecule has 0 atom stereocenters. The fraction of sp³-hybridized carbons (Fsp3) is 0.375. The minimum Gasteiger partial charge on any atom is -0.494 e. The number of ether oxygens (including phenoxy) is 1. The predicted molar refractivity (Wildman–Crippen MR) is 113 cm³/mol. The van der Waals surface area contributed by atoms with Crippen LogP contribution in [0.4, 0.5) is 0 Å². The van der Waals surface area contributed by atoms with Crippen LogP contribution in [0.3, 0.4) is 0 Å². The molecule has 0 N–H and O–H groups in total. The molecular weight excluding hydrogens is 334 g/mol. The highest BCUT2D eigenvalue weighted by molar-refractivity contribution is 5.97.